The van der Waals surface area contributed by atoms with Crippen LogP contribution in [-0.2, 0) is 4.79 Å². The highest BCUT2D eigenvalue weighted by Gasteiger charge is 2.40. The van der Waals surface area contributed by atoms with E-state index in [0.29, 0.717) is 16.5 Å². The van der Waals surface area contributed by atoms with E-state index in [9.17, 15) is 4.79 Å². The smallest absolute Gasteiger partial charge is 0.244 e. The van der Waals surface area contributed by atoms with Crippen LogP contribution in [0, 0.1) is 0 Å². The van der Waals surface area contributed by atoms with Gasteiger partial charge in [0.25, 0.3) is 0 Å². The predicted molar refractivity (Wildman–Crippen MR) is 89.2 cm³/mol. The Morgan fingerprint density at radius 2 is 2.33 bits per heavy atom. The molecule has 0 saturated carbocycles. The molecule has 21 heavy (non-hydrogen) atoms. The molecule has 1 aliphatic heterocycles. The standard InChI is InChI=1S/C15H20BrClN2O2/c1-3-5-15(6-4-7-18-15)14(20)19-12-9-10(17)8-11(16)13(12)21-2/h8-9,18H,3-7H2,1-2H3,(H,19,20). The lowest BCUT2D eigenvalue weighted by Crippen LogP contribution is -2.50. The molecule has 1 saturated heterocycles. The lowest BCUT2D eigenvalue weighted by Gasteiger charge is -2.28. The molecular weight excluding hydrogens is 356 g/mol. The van der Waals surface area contributed by atoms with Gasteiger partial charge >= 0.3 is 0 Å². The zero-order valence-electron chi connectivity index (χ0n) is 12.3. The summed E-state index contributed by atoms with van der Waals surface area (Å²) in [6.45, 7) is 2.97. The molecule has 0 bridgehead atoms. The fraction of sp³-hybridized carbons (Fsp3) is 0.533. The summed E-state index contributed by atoms with van der Waals surface area (Å²) in [4.78, 5) is 12.7. The number of hydrogen-bond donors (Lipinski definition) is 2. The Kier molecular flexibility index (Phi) is 5.52. The molecule has 1 aliphatic rings. The quantitative estimate of drug-likeness (QED) is 0.818. The van der Waals surface area contributed by atoms with Crippen molar-refractivity contribution in [3.63, 3.8) is 0 Å². The Morgan fingerprint density at radius 1 is 1.57 bits per heavy atom. The van der Waals surface area contributed by atoms with E-state index in [1.165, 1.54) is 0 Å². The van der Waals surface area contributed by atoms with Gasteiger partial charge in [0, 0.05) is 5.02 Å². The molecule has 2 rings (SSSR count). The average molecular weight is 376 g/mol. The van der Waals surface area contributed by atoms with Crippen LogP contribution < -0.4 is 15.4 Å². The first-order valence-electron chi connectivity index (χ1n) is 7.12. The van der Waals surface area contributed by atoms with Crippen molar-refractivity contribution in [1.29, 1.82) is 0 Å². The third-order valence-electron chi connectivity index (χ3n) is 3.82. The Hall–Kier alpha value is -0.780. The van der Waals surface area contributed by atoms with Gasteiger partial charge in [-0.15, -0.1) is 0 Å². The Balaban J connectivity index is 2.26. The Labute approximate surface area is 138 Å². The van der Waals surface area contributed by atoms with E-state index in [2.05, 4.69) is 33.5 Å². The van der Waals surface area contributed by atoms with E-state index in [-0.39, 0.29) is 5.91 Å². The number of carbonyl (C=O) groups is 1. The lowest BCUT2D eigenvalue weighted by molar-refractivity contribution is -0.122. The first-order valence-corrected chi connectivity index (χ1v) is 8.29. The molecule has 1 amide bonds. The van der Waals surface area contributed by atoms with Crippen molar-refractivity contribution in [2.45, 2.75) is 38.1 Å². The molecule has 1 aromatic carbocycles. The van der Waals surface area contributed by atoms with Gasteiger partial charge in [-0.2, -0.15) is 0 Å². The Morgan fingerprint density at radius 3 is 2.90 bits per heavy atom. The normalized spacial score (nSPS) is 21.3. The van der Waals surface area contributed by atoms with Crippen LogP contribution in [0.25, 0.3) is 0 Å². The number of amides is 1. The fourth-order valence-electron chi connectivity index (χ4n) is 2.86. The molecule has 1 unspecified atom stereocenters. The summed E-state index contributed by atoms with van der Waals surface area (Å²) < 4.78 is 6.07. The highest BCUT2D eigenvalue weighted by molar-refractivity contribution is 9.10. The van der Waals surface area contributed by atoms with Crippen LogP contribution in [0.5, 0.6) is 5.75 Å². The third kappa shape index (κ3) is 3.52. The van der Waals surface area contributed by atoms with Gasteiger partial charge in [0.05, 0.1) is 22.8 Å². The van der Waals surface area contributed by atoms with Gasteiger partial charge in [0.1, 0.15) is 0 Å². The number of nitrogens with one attached hydrogen (secondary N) is 2. The molecule has 0 radical (unpaired) electrons. The second kappa shape index (κ2) is 6.99. The first kappa shape index (κ1) is 16.6. The van der Waals surface area contributed by atoms with E-state index in [1.54, 1.807) is 19.2 Å². The monoisotopic (exact) mass is 374 g/mol. The summed E-state index contributed by atoms with van der Waals surface area (Å²) in [6, 6.07) is 3.45. The average Bonchev–Trinajstić information content (AvgIpc) is 2.88. The SMILES string of the molecule is CCCC1(C(=O)Nc2cc(Cl)cc(Br)c2OC)CCCN1. The van der Waals surface area contributed by atoms with Crippen LogP contribution in [0.1, 0.15) is 32.6 Å². The summed E-state index contributed by atoms with van der Waals surface area (Å²) in [5.74, 6) is 0.562. The van der Waals surface area contributed by atoms with Crippen molar-refractivity contribution in [3.8, 4) is 5.75 Å². The molecule has 116 valence electrons. The van der Waals surface area contributed by atoms with Crippen molar-refractivity contribution >= 4 is 39.1 Å². The molecule has 2 N–H and O–H groups in total. The van der Waals surface area contributed by atoms with Gasteiger partial charge in [-0.05, 0) is 53.9 Å². The summed E-state index contributed by atoms with van der Waals surface area (Å²) in [6.07, 6.45) is 3.65. The molecule has 1 aromatic rings. The molecular formula is C15H20BrClN2O2. The number of carbonyl (C=O) groups excluding carboxylic acids is 1. The number of anilines is 1. The van der Waals surface area contributed by atoms with Gasteiger partial charge in [-0.3, -0.25) is 4.79 Å². The van der Waals surface area contributed by atoms with Gasteiger partial charge in [0.15, 0.2) is 5.75 Å². The van der Waals surface area contributed by atoms with E-state index >= 15 is 0 Å². The van der Waals surface area contributed by atoms with Crippen LogP contribution in [0.4, 0.5) is 5.69 Å². The summed E-state index contributed by atoms with van der Waals surface area (Å²) >= 11 is 9.46. The summed E-state index contributed by atoms with van der Waals surface area (Å²) in [7, 11) is 1.57. The minimum absolute atomic E-state index is 0.0192. The maximum atomic E-state index is 12.7. The molecule has 1 fully saturated rings. The number of methoxy groups -OCH3 is 1. The van der Waals surface area contributed by atoms with Crippen LogP contribution >= 0.6 is 27.5 Å². The molecule has 1 atom stereocenters. The minimum Gasteiger partial charge on any atom is -0.493 e. The van der Waals surface area contributed by atoms with Crippen molar-refractivity contribution in [3.05, 3.63) is 21.6 Å². The predicted octanol–water partition coefficient (Wildman–Crippen LogP) is 3.97. The highest BCUT2D eigenvalue weighted by atomic mass is 79.9. The summed E-state index contributed by atoms with van der Waals surface area (Å²) in [5, 5.41) is 6.87. The second-order valence-corrected chi connectivity index (χ2v) is 6.58. The van der Waals surface area contributed by atoms with E-state index < -0.39 is 5.54 Å². The van der Waals surface area contributed by atoms with Crippen molar-refractivity contribution in [2.24, 2.45) is 0 Å². The van der Waals surface area contributed by atoms with E-state index in [0.717, 1.165) is 36.7 Å². The third-order valence-corrected chi connectivity index (χ3v) is 4.62. The van der Waals surface area contributed by atoms with Crippen LogP contribution in [0.2, 0.25) is 5.02 Å². The largest absolute Gasteiger partial charge is 0.493 e. The van der Waals surface area contributed by atoms with Crippen LogP contribution in [0.15, 0.2) is 16.6 Å². The topological polar surface area (TPSA) is 50.4 Å². The Bertz CT molecular complexity index is 531. The van der Waals surface area contributed by atoms with Gasteiger partial charge in [-0.25, -0.2) is 0 Å². The fourth-order valence-corrected chi connectivity index (χ4v) is 3.83. The number of rotatable bonds is 5. The maximum absolute atomic E-state index is 12.7. The first-order chi connectivity index (χ1) is 10.0. The second-order valence-electron chi connectivity index (χ2n) is 5.28. The minimum atomic E-state index is -0.478. The zero-order valence-corrected chi connectivity index (χ0v) is 14.6. The maximum Gasteiger partial charge on any atom is 0.244 e. The number of benzene rings is 1. The van der Waals surface area contributed by atoms with Gasteiger partial charge in [-0.1, -0.05) is 24.9 Å². The van der Waals surface area contributed by atoms with E-state index in [1.807, 2.05) is 0 Å². The van der Waals surface area contributed by atoms with Gasteiger partial charge < -0.3 is 15.4 Å². The number of ether oxygens (including phenoxy) is 1. The highest BCUT2D eigenvalue weighted by Crippen LogP contribution is 2.37. The van der Waals surface area contributed by atoms with Crippen molar-refractivity contribution in [2.75, 3.05) is 19.0 Å². The van der Waals surface area contributed by atoms with E-state index in [4.69, 9.17) is 16.3 Å². The lowest BCUT2D eigenvalue weighted by atomic mass is 9.90. The molecule has 0 aliphatic carbocycles. The number of halogens is 2. The number of hydrogen-bond acceptors (Lipinski definition) is 3. The van der Waals surface area contributed by atoms with Crippen molar-refractivity contribution < 1.29 is 9.53 Å². The van der Waals surface area contributed by atoms with Crippen LogP contribution in [0.3, 0.4) is 0 Å². The van der Waals surface area contributed by atoms with Crippen molar-refractivity contribution in [1.82, 2.24) is 5.32 Å². The summed E-state index contributed by atoms with van der Waals surface area (Å²) in [5.41, 5.74) is 0.111. The molecule has 0 aromatic heterocycles. The zero-order chi connectivity index (χ0) is 15.5. The molecule has 1 heterocycles. The van der Waals surface area contributed by atoms with Gasteiger partial charge in [0.2, 0.25) is 5.91 Å². The van der Waals surface area contributed by atoms with Crippen LogP contribution in [-0.4, -0.2) is 25.1 Å². The molecule has 6 heteroatoms. The molecule has 0 spiro atoms. The molecule has 4 nitrogen and oxygen atoms in total.